The van der Waals surface area contributed by atoms with Gasteiger partial charge in [0.1, 0.15) is 5.01 Å². The van der Waals surface area contributed by atoms with Crippen LogP contribution in [0.1, 0.15) is 16.8 Å². The van der Waals surface area contributed by atoms with Gasteiger partial charge in [0.05, 0.1) is 11.4 Å². The minimum absolute atomic E-state index is 0.172. The Morgan fingerprint density at radius 3 is 2.80 bits per heavy atom. The summed E-state index contributed by atoms with van der Waals surface area (Å²) in [7, 11) is -3.56. The zero-order chi connectivity index (χ0) is 14.8. The van der Waals surface area contributed by atoms with Crippen molar-refractivity contribution in [3.63, 3.8) is 0 Å². The molecule has 0 bridgehead atoms. The summed E-state index contributed by atoms with van der Waals surface area (Å²) in [6, 6.07) is 4.51. The van der Waals surface area contributed by atoms with Crippen LogP contribution in [0, 0.1) is 0 Å². The minimum atomic E-state index is -3.56. The number of benzene rings is 1. The van der Waals surface area contributed by atoms with Crippen molar-refractivity contribution in [2.24, 2.45) is 0 Å². The lowest BCUT2D eigenvalue weighted by molar-refractivity contribution is 0.581. The number of sulfonamides is 1. The fourth-order valence-corrected chi connectivity index (χ4v) is 3.95. The van der Waals surface area contributed by atoms with Gasteiger partial charge in [-0.25, -0.2) is 18.1 Å². The summed E-state index contributed by atoms with van der Waals surface area (Å²) in [6.07, 6.45) is 2.67. The van der Waals surface area contributed by atoms with Crippen LogP contribution in [0.2, 0.25) is 0 Å². The monoisotopic (exact) mass is 375 g/mol. The highest BCUT2D eigenvalue weighted by molar-refractivity contribution is 9.10. The summed E-state index contributed by atoms with van der Waals surface area (Å²) < 4.78 is 27.4. The predicted octanol–water partition coefficient (Wildman–Crippen LogP) is 2.53. The average Bonchev–Trinajstić information content (AvgIpc) is 2.87. The zero-order valence-corrected chi connectivity index (χ0v) is 14.0. The number of aryl methyl sites for hydroxylation is 1. The highest BCUT2D eigenvalue weighted by atomic mass is 79.9. The summed E-state index contributed by atoms with van der Waals surface area (Å²) in [6.45, 7) is 2.22. The standard InChI is InChI=1S/C12H14BrN3O2S2/c1-2-8-6-15-12(19-8)7-16-20(17,18)9-3-4-11(14)10(13)5-9/h3-6,16H,2,7,14H2,1H3. The average molecular weight is 376 g/mol. The number of aromatic nitrogens is 1. The second kappa shape index (κ2) is 6.21. The topological polar surface area (TPSA) is 85.1 Å². The van der Waals surface area contributed by atoms with E-state index >= 15 is 0 Å². The molecule has 0 saturated carbocycles. The lowest BCUT2D eigenvalue weighted by Gasteiger charge is -2.06. The molecule has 0 aliphatic carbocycles. The second-order valence-corrected chi connectivity index (χ2v) is 7.90. The highest BCUT2D eigenvalue weighted by Gasteiger charge is 2.15. The molecular weight excluding hydrogens is 362 g/mol. The van der Waals surface area contributed by atoms with E-state index in [4.69, 9.17) is 5.73 Å². The number of anilines is 1. The van der Waals surface area contributed by atoms with Gasteiger partial charge in [-0.2, -0.15) is 0 Å². The van der Waals surface area contributed by atoms with E-state index in [-0.39, 0.29) is 11.4 Å². The third kappa shape index (κ3) is 3.57. The Morgan fingerprint density at radius 1 is 1.45 bits per heavy atom. The van der Waals surface area contributed by atoms with Gasteiger partial charge < -0.3 is 5.73 Å². The van der Waals surface area contributed by atoms with Gasteiger partial charge in [0.2, 0.25) is 10.0 Å². The number of hydrogen-bond acceptors (Lipinski definition) is 5. The van der Waals surface area contributed by atoms with Gasteiger partial charge in [-0.1, -0.05) is 6.92 Å². The molecule has 0 unspecified atom stereocenters. The van der Waals surface area contributed by atoms with Gasteiger partial charge in [-0.3, -0.25) is 0 Å². The molecule has 0 amide bonds. The first-order valence-corrected chi connectivity index (χ1v) is 9.00. The van der Waals surface area contributed by atoms with Crippen LogP contribution in [0.25, 0.3) is 0 Å². The summed E-state index contributed by atoms with van der Waals surface area (Å²) in [4.78, 5) is 5.48. The molecule has 0 radical (unpaired) electrons. The SMILES string of the molecule is CCc1cnc(CNS(=O)(=O)c2ccc(N)c(Br)c2)s1. The fraction of sp³-hybridized carbons (Fsp3) is 0.250. The molecular formula is C12H14BrN3O2S2. The normalized spacial score (nSPS) is 11.7. The van der Waals surface area contributed by atoms with Crippen LogP contribution in [0.15, 0.2) is 33.8 Å². The molecule has 5 nitrogen and oxygen atoms in total. The Morgan fingerprint density at radius 2 is 2.20 bits per heavy atom. The number of hydrogen-bond donors (Lipinski definition) is 2. The van der Waals surface area contributed by atoms with E-state index in [9.17, 15) is 8.42 Å². The Kier molecular flexibility index (Phi) is 4.79. The van der Waals surface area contributed by atoms with Gasteiger partial charge in [0, 0.05) is 21.2 Å². The lowest BCUT2D eigenvalue weighted by Crippen LogP contribution is -2.23. The largest absolute Gasteiger partial charge is 0.398 e. The maximum Gasteiger partial charge on any atom is 0.240 e. The third-order valence-corrected chi connectivity index (χ3v) is 5.87. The van der Waals surface area contributed by atoms with Gasteiger partial charge in [-0.05, 0) is 40.5 Å². The van der Waals surface area contributed by atoms with Crippen LogP contribution in [0.3, 0.4) is 0 Å². The highest BCUT2D eigenvalue weighted by Crippen LogP contribution is 2.23. The Balaban J connectivity index is 2.12. The van der Waals surface area contributed by atoms with Gasteiger partial charge in [-0.15, -0.1) is 11.3 Å². The molecule has 0 aliphatic rings. The molecule has 1 aromatic carbocycles. The molecule has 1 aromatic heterocycles. The second-order valence-electron chi connectivity index (χ2n) is 4.08. The van der Waals surface area contributed by atoms with Crippen molar-refractivity contribution in [1.82, 2.24) is 9.71 Å². The van der Waals surface area contributed by atoms with Crippen LogP contribution in [0.4, 0.5) is 5.69 Å². The molecule has 0 fully saturated rings. The molecule has 0 atom stereocenters. The summed E-state index contributed by atoms with van der Waals surface area (Å²) in [5.41, 5.74) is 6.14. The number of nitrogens with zero attached hydrogens (tertiary/aromatic N) is 1. The van der Waals surface area contributed by atoms with E-state index in [2.05, 4.69) is 25.6 Å². The van der Waals surface area contributed by atoms with E-state index in [1.54, 1.807) is 12.3 Å². The van der Waals surface area contributed by atoms with Crippen LogP contribution >= 0.6 is 27.3 Å². The molecule has 3 N–H and O–H groups in total. The maximum absolute atomic E-state index is 12.1. The van der Waals surface area contributed by atoms with E-state index in [1.165, 1.54) is 23.5 Å². The van der Waals surface area contributed by atoms with E-state index in [0.29, 0.717) is 10.2 Å². The smallest absolute Gasteiger partial charge is 0.240 e. The first-order chi connectivity index (χ1) is 9.42. The molecule has 8 heteroatoms. The zero-order valence-electron chi connectivity index (χ0n) is 10.8. The van der Waals surface area contributed by atoms with Crippen molar-refractivity contribution < 1.29 is 8.42 Å². The van der Waals surface area contributed by atoms with Crippen molar-refractivity contribution >= 4 is 43.0 Å². The molecule has 2 aromatic rings. The molecule has 0 spiro atoms. The lowest BCUT2D eigenvalue weighted by atomic mass is 10.3. The predicted molar refractivity (Wildman–Crippen MR) is 84.1 cm³/mol. The van der Waals surface area contributed by atoms with Crippen molar-refractivity contribution in [3.8, 4) is 0 Å². The molecule has 108 valence electrons. The van der Waals surface area contributed by atoms with E-state index in [0.717, 1.165) is 16.3 Å². The van der Waals surface area contributed by atoms with Crippen LogP contribution in [-0.2, 0) is 23.0 Å². The minimum Gasteiger partial charge on any atom is -0.398 e. The Hall–Kier alpha value is -0.960. The van der Waals surface area contributed by atoms with Gasteiger partial charge >= 0.3 is 0 Å². The first-order valence-electron chi connectivity index (χ1n) is 5.90. The number of thiazole rings is 1. The van der Waals surface area contributed by atoms with Crippen molar-refractivity contribution in [3.05, 3.63) is 38.8 Å². The molecule has 0 saturated heterocycles. The number of rotatable bonds is 5. The van der Waals surface area contributed by atoms with Gasteiger partial charge in [0.25, 0.3) is 0 Å². The molecule has 1 heterocycles. The van der Waals surface area contributed by atoms with Crippen LogP contribution in [0.5, 0.6) is 0 Å². The number of nitrogen functional groups attached to an aromatic ring is 1. The number of nitrogens with one attached hydrogen (secondary N) is 1. The molecule has 2 rings (SSSR count). The Labute approximate surface area is 130 Å². The quantitative estimate of drug-likeness (QED) is 0.786. The summed E-state index contributed by atoms with van der Waals surface area (Å²) >= 11 is 4.73. The third-order valence-electron chi connectivity index (χ3n) is 2.65. The van der Waals surface area contributed by atoms with E-state index < -0.39 is 10.0 Å². The summed E-state index contributed by atoms with van der Waals surface area (Å²) in [5.74, 6) is 0. The molecule has 0 aliphatic heterocycles. The Bertz CT molecular complexity index is 713. The van der Waals surface area contributed by atoms with Crippen LogP contribution < -0.4 is 10.5 Å². The summed E-state index contributed by atoms with van der Waals surface area (Å²) in [5, 5.41) is 0.750. The van der Waals surface area contributed by atoms with Crippen LogP contribution in [-0.4, -0.2) is 13.4 Å². The van der Waals surface area contributed by atoms with Crippen molar-refractivity contribution in [2.45, 2.75) is 24.8 Å². The fourth-order valence-electron chi connectivity index (χ4n) is 1.51. The first kappa shape index (κ1) is 15.4. The molecule has 20 heavy (non-hydrogen) atoms. The number of nitrogens with two attached hydrogens (primary N) is 1. The van der Waals surface area contributed by atoms with E-state index in [1.807, 2.05) is 6.92 Å². The van der Waals surface area contributed by atoms with Crippen molar-refractivity contribution in [2.75, 3.05) is 5.73 Å². The number of halogens is 1. The van der Waals surface area contributed by atoms with Crippen molar-refractivity contribution in [1.29, 1.82) is 0 Å². The maximum atomic E-state index is 12.1. The van der Waals surface area contributed by atoms with Gasteiger partial charge in [0.15, 0.2) is 0 Å².